The normalized spacial score (nSPS) is 23.0. The van der Waals surface area contributed by atoms with Crippen LogP contribution in [0.15, 0.2) is 47.3 Å². The SMILES string of the molecule is CC(=O)N1CCC(N2C[C@@H]3C[C@H](C2)c2c(NC(=O)Nc4ccccc4)ccc(=O)n2C3)CC1. The maximum atomic E-state index is 12.7. The number of likely N-dealkylation sites (tertiary alicyclic amines) is 2. The fourth-order valence-corrected chi connectivity index (χ4v) is 5.81. The number of amides is 3. The Balaban J connectivity index is 1.34. The molecule has 0 unspecified atom stereocenters. The van der Waals surface area contributed by atoms with E-state index in [-0.39, 0.29) is 23.4 Å². The molecule has 0 radical (unpaired) electrons. The predicted octanol–water partition coefficient (Wildman–Crippen LogP) is 2.92. The molecule has 3 aliphatic rings. The molecule has 8 nitrogen and oxygen atoms in total. The maximum Gasteiger partial charge on any atom is 0.323 e. The van der Waals surface area contributed by atoms with Gasteiger partial charge in [0.25, 0.3) is 5.56 Å². The molecule has 4 heterocycles. The second kappa shape index (κ2) is 9.02. The number of para-hydroxylation sites is 1. The zero-order valence-corrected chi connectivity index (χ0v) is 19.0. The third-order valence-corrected chi connectivity index (χ3v) is 7.32. The van der Waals surface area contributed by atoms with E-state index in [1.54, 1.807) is 19.1 Å². The highest BCUT2D eigenvalue weighted by Gasteiger charge is 2.39. The van der Waals surface area contributed by atoms with Crippen molar-refractivity contribution < 1.29 is 9.59 Å². The van der Waals surface area contributed by atoms with Crippen molar-refractivity contribution in [1.29, 1.82) is 0 Å². The lowest BCUT2D eigenvalue weighted by Gasteiger charge is -2.47. The van der Waals surface area contributed by atoms with E-state index >= 15 is 0 Å². The number of hydrogen-bond acceptors (Lipinski definition) is 4. The van der Waals surface area contributed by atoms with Crippen LogP contribution in [0.3, 0.4) is 0 Å². The summed E-state index contributed by atoms with van der Waals surface area (Å²) in [5.74, 6) is 0.777. The van der Waals surface area contributed by atoms with Crippen molar-refractivity contribution in [3.63, 3.8) is 0 Å². The van der Waals surface area contributed by atoms with Crippen LogP contribution in [-0.4, -0.2) is 58.5 Å². The number of aromatic nitrogens is 1. The first kappa shape index (κ1) is 21.7. The first-order valence-corrected chi connectivity index (χ1v) is 11.8. The smallest absolute Gasteiger partial charge is 0.323 e. The molecule has 2 N–H and O–H groups in total. The fourth-order valence-electron chi connectivity index (χ4n) is 5.81. The predicted molar refractivity (Wildman–Crippen MR) is 127 cm³/mol. The average molecular weight is 450 g/mol. The number of piperidine rings is 2. The molecule has 2 atom stereocenters. The van der Waals surface area contributed by atoms with E-state index in [0.717, 1.165) is 56.8 Å². The molecule has 2 saturated heterocycles. The maximum absolute atomic E-state index is 12.7. The number of rotatable bonds is 3. The fraction of sp³-hybridized carbons (Fsp3) is 0.480. The molecule has 2 bridgehead atoms. The minimum Gasteiger partial charge on any atom is -0.343 e. The Morgan fingerprint density at radius 1 is 0.939 bits per heavy atom. The highest BCUT2D eigenvalue weighted by molar-refractivity contribution is 6.00. The number of anilines is 2. The first-order valence-electron chi connectivity index (χ1n) is 11.8. The number of fused-ring (bicyclic) bond motifs is 4. The van der Waals surface area contributed by atoms with Gasteiger partial charge in [-0.3, -0.25) is 14.5 Å². The van der Waals surface area contributed by atoms with Crippen molar-refractivity contribution in [2.75, 3.05) is 36.8 Å². The molecule has 0 aliphatic carbocycles. The van der Waals surface area contributed by atoms with Crippen LogP contribution in [0.5, 0.6) is 0 Å². The quantitative estimate of drug-likeness (QED) is 0.754. The number of pyridine rings is 1. The van der Waals surface area contributed by atoms with Gasteiger partial charge in [-0.05, 0) is 43.4 Å². The van der Waals surface area contributed by atoms with Gasteiger partial charge in [-0.1, -0.05) is 18.2 Å². The molecule has 174 valence electrons. The molecule has 33 heavy (non-hydrogen) atoms. The van der Waals surface area contributed by atoms with Gasteiger partial charge in [-0.25, -0.2) is 4.79 Å². The van der Waals surface area contributed by atoms with Crippen LogP contribution in [0.4, 0.5) is 16.2 Å². The molecule has 2 aromatic rings. The Morgan fingerprint density at radius 2 is 1.70 bits per heavy atom. The van der Waals surface area contributed by atoms with Gasteiger partial charge < -0.3 is 20.1 Å². The first-order chi connectivity index (χ1) is 16.0. The van der Waals surface area contributed by atoms with Gasteiger partial charge in [-0.2, -0.15) is 0 Å². The van der Waals surface area contributed by atoms with E-state index in [1.165, 1.54) is 0 Å². The van der Waals surface area contributed by atoms with Gasteiger partial charge in [0.1, 0.15) is 0 Å². The molecule has 0 saturated carbocycles. The van der Waals surface area contributed by atoms with Crippen LogP contribution in [0.1, 0.15) is 37.8 Å². The minimum absolute atomic E-state index is 0.00284. The summed E-state index contributed by atoms with van der Waals surface area (Å²) in [5.41, 5.74) is 2.36. The molecule has 1 aromatic carbocycles. The second-order valence-electron chi connectivity index (χ2n) is 9.52. The number of nitrogens with one attached hydrogen (secondary N) is 2. The molecular formula is C25H31N5O3. The summed E-state index contributed by atoms with van der Waals surface area (Å²) in [4.78, 5) is 41.5. The lowest BCUT2D eigenvalue weighted by Crippen LogP contribution is -2.53. The molecule has 3 aliphatic heterocycles. The van der Waals surface area contributed by atoms with Gasteiger partial charge >= 0.3 is 6.03 Å². The molecule has 8 heteroatoms. The number of carbonyl (C=O) groups excluding carboxylic acids is 2. The molecule has 2 fully saturated rings. The number of carbonyl (C=O) groups is 2. The van der Waals surface area contributed by atoms with E-state index in [4.69, 9.17) is 0 Å². The molecular weight excluding hydrogens is 418 g/mol. The monoisotopic (exact) mass is 449 g/mol. The standard InChI is InChI=1S/C25H31N5O3/c1-17(31)28-11-9-21(10-12-28)29-14-18-13-19(16-29)24-22(7-8-23(32)30(24)15-18)27-25(33)26-20-5-3-2-4-6-20/h2-8,18-19,21H,9-16H2,1H3,(H2,26,27,33)/t18-,19+/m0/s1. The summed E-state index contributed by atoms with van der Waals surface area (Å²) in [5, 5.41) is 5.85. The highest BCUT2D eigenvalue weighted by atomic mass is 16.2. The van der Waals surface area contributed by atoms with E-state index < -0.39 is 0 Å². The number of nitrogens with zero attached hydrogens (tertiary/aromatic N) is 3. The lowest BCUT2D eigenvalue weighted by atomic mass is 9.81. The van der Waals surface area contributed by atoms with Crippen molar-refractivity contribution >= 4 is 23.3 Å². The van der Waals surface area contributed by atoms with Gasteiger partial charge in [0.05, 0.1) is 5.69 Å². The van der Waals surface area contributed by atoms with Gasteiger partial charge in [0.15, 0.2) is 0 Å². The van der Waals surface area contributed by atoms with E-state index in [9.17, 15) is 14.4 Å². The largest absolute Gasteiger partial charge is 0.343 e. The Morgan fingerprint density at radius 3 is 2.42 bits per heavy atom. The van der Waals surface area contributed by atoms with Crippen LogP contribution < -0.4 is 16.2 Å². The molecule has 3 amide bonds. The molecule has 1 aromatic heterocycles. The summed E-state index contributed by atoms with van der Waals surface area (Å²) < 4.78 is 1.87. The zero-order valence-electron chi connectivity index (χ0n) is 19.0. The van der Waals surface area contributed by atoms with Gasteiger partial charge in [0.2, 0.25) is 5.91 Å². The topological polar surface area (TPSA) is 86.7 Å². The number of urea groups is 1. The minimum atomic E-state index is -0.311. The summed E-state index contributed by atoms with van der Waals surface area (Å²) in [6, 6.07) is 12.8. The number of hydrogen-bond donors (Lipinski definition) is 2. The third kappa shape index (κ3) is 4.53. The van der Waals surface area contributed by atoms with Crippen LogP contribution in [0, 0.1) is 5.92 Å². The Labute approximate surface area is 193 Å². The van der Waals surface area contributed by atoms with Crippen molar-refractivity contribution in [2.45, 2.75) is 44.7 Å². The summed E-state index contributed by atoms with van der Waals surface area (Å²) in [6.07, 6.45) is 3.01. The van der Waals surface area contributed by atoms with Crippen LogP contribution in [-0.2, 0) is 11.3 Å². The van der Waals surface area contributed by atoms with Crippen molar-refractivity contribution in [3.8, 4) is 0 Å². The summed E-state index contributed by atoms with van der Waals surface area (Å²) >= 11 is 0. The van der Waals surface area contributed by atoms with Crippen LogP contribution >= 0.6 is 0 Å². The summed E-state index contributed by atoms with van der Waals surface area (Å²) in [6.45, 7) is 5.81. The Bertz CT molecular complexity index is 1090. The summed E-state index contributed by atoms with van der Waals surface area (Å²) in [7, 11) is 0. The van der Waals surface area contributed by atoms with Crippen LogP contribution in [0.25, 0.3) is 0 Å². The lowest BCUT2D eigenvalue weighted by molar-refractivity contribution is -0.130. The van der Waals surface area contributed by atoms with Gasteiger partial charge in [0, 0.05) is 69.1 Å². The molecule has 5 rings (SSSR count). The van der Waals surface area contributed by atoms with Crippen molar-refractivity contribution in [1.82, 2.24) is 14.4 Å². The van der Waals surface area contributed by atoms with Crippen molar-refractivity contribution in [3.05, 3.63) is 58.5 Å². The average Bonchev–Trinajstić information content (AvgIpc) is 2.81. The van der Waals surface area contributed by atoms with E-state index in [2.05, 4.69) is 15.5 Å². The Hall–Kier alpha value is -3.13. The molecule has 0 spiro atoms. The van der Waals surface area contributed by atoms with Gasteiger partial charge in [-0.15, -0.1) is 0 Å². The van der Waals surface area contributed by atoms with Crippen molar-refractivity contribution in [2.24, 2.45) is 5.92 Å². The highest BCUT2D eigenvalue weighted by Crippen LogP contribution is 2.40. The Kier molecular flexibility index (Phi) is 5.93. The van der Waals surface area contributed by atoms with Crippen LogP contribution in [0.2, 0.25) is 0 Å². The zero-order chi connectivity index (χ0) is 22.9. The third-order valence-electron chi connectivity index (χ3n) is 7.32. The second-order valence-corrected chi connectivity index (χ2v) is 9.52. The number of benzene rings is 1. The van der Waals surface area contributed by atoms with E-state index in [1.807, 2.05) is 39.8 Å². The van der Waals surface area contributed by atoms with E-state index in [0.29, 0.717) is 24.2 Å².